The molecule has 1 aromatic carbocycles. The Morgan fingerprint density at radius 1 is 1.07 bits per heavy atom. The van der Waals surface area contributed by atoms with Crippen LogP contribution in [0.5, 0.6) is 0 Å². The Morgan fingerprint density at radius 3 is 2.52 bits per heavy atom. The number of hydrogen-bond acceptors (Lipinski definition) is 6. The zero-order valence-electron chi connectivity index (χ0n) is 16.0. The number of anilines is 1. The van der Waals surface area contributed by atoms with Gasteiger partial charge in [-0.15, -0.1) is 27.7 Å². The molecule has 5 rings (SSSR count). The number of aryl methyl sites for hydroxylation is 1. The molecule has 0 fully saturated rings. The van der Waals surface area contributed by atoms with E-state index >= 15 is 0 Å². The third kappa shape index (κ3) is 3.38. The molecule has 1 aliphatic carbocycles. The van der Waals surface area contributed by atoms with Crippen molar-refractivity contribution >= 4 is 29.4 Å². The predicted octanol–water partition coefficient (Wildman–Crippen LogP) is 2.93. The quantitative estimate of drug-likeness (QED) is 0.507. The van der Waals surface area contributed by atoms with Crippen LogP contribution in [-0.4, -0.2) is 41.6 Å². The van der Waals surface area contributed by atoms with Crippen LogP contribution in [0.2, 0.25) is 0 Å². The molecule has 0 N–H and O–H groups in total. The molecule has 0 amide bonds. The molecule has 146 valence electrons. The van der Waals surface area contributed by atoms with E-state index in [1.807, 2.05) is 61.5 Å². The maximum Gasteiger partial charge on any atom is 0.185 e. The lowest BCUT2D eigenvalue weighted by atomic mass is 10.00. The fourth-order valence-electron chi connectivity index (χ4n) is 3.20. The van der Waals surface area contributed by atoms with Crippen molar-refractivity contribution in [3.05, 3.63) is 72.3 Å². The van der Waals surface area contributed by atoms with Crippen LogP contribution < -0.4 is 4.90 Å². The Morgan fingerprint density at radius 2 is 1.86 bits per heavy atom. The highest BCUT2D eigenvalue weighted by molar-refractivity contribution is 5.87. The minimum absolute atomic E-state index is 0. The lowest BCUT2D eigenvalue weighted by molar-refractivity contribution is 0.728. The topological polar surface area (TPSA) is 77.0 Å². The Bertz CT molecular complexity index is 1220. The highest BCUT2D eigenvalue weighted by Gasteiger charge is 2.20. The van der Waals surface area contributed by atoms with Crippen molar-refractivity contribution in [2.24, 2.45) is 7.05 Å². The summed E-state index contributed by atoms with van der Waals surface area (Å²) in [5.74, 6) is 2.28. The highest BCUT2D eigenvalue weighted by atomic mass is 35.5. The maximum atomic E-state index is 4.90. The number of aromatic nitrogens is 7. The van der Waals surface area contributed by atoms with Gasteiger partial charge in [-0.25, -0.2) is 4.98 Å². The summed E-state index contributed by atoms with van der Waals surface area (Å²) in [5.41, 5.74) is 3.82. The van der Waals surface area contributed by atoms with Crippen molar-refractivity contribution in [2.45, 2.75) is 6.54 Å². The van der Waals surface area contributed by atoms with Crippen LogP contribution in [0.1, 0.15) is 11.4 Å². The Hall–Kier alpha value is -3.52. The smallest absolute Gasteiger partial charge is 0.185 e. The van der Waals surface area contributed by atoms with Gasteiger partial charge >= 0.3 is 0 Å². The first-order chi connectivity index (χ1) is 13.7. The molecule has 4 aromatic rings. The van der Waals surface area contributed by atoms with Gasteiger partial charge in [-0.05, 0) is 11.6 Å². The molecule has 0 saturated heterocycles. The Balaban J connectivity index is 0.00000205. The fraction of sp³-hybridized carbons (Fsp3) is 0.150. The van der Waals surface area contributed by atoms with Crippen molar-refractivity contribution in [1.29, 1.82) is 0 Å². The number of nitrogens with zero attached hydrogens (tertiary/aromatic N) is 8. The van der Waals surface area contributed by atoms with E-state index in [-0.39, 0.29) is 12.4 Å². The maximum absolute atomic E-state index is 4.90. The van der Waals surface area contributed by atoms with E-state index in [2.05, 4.69) is 32.4 Å². The number of rotatable bonds is 5. The van der Waals surface area contributed by atoms with Gasteiger partial charge in [0.05, 0.1) is 6.54 Å². The van der Waals surface area contributed by atoms with E-state index in [9.17, 15) is 0 Å². The second kappa shape index (κ2) is 7.48. The van der Waals surface area contributed by atoms with Gasteiger partial charge in [-0.2, -0.15) is 9.61 Å². The van der Waals surface area contributed by atoms with Crippen molar-refractivity contribution in [3.63, 3.8) is 0 Å². The van der Waals surface area contributed by atoms with Gasteiger partial charge in [0.15, 0.2) is 23.1 Å². The number of fused-ring (bicyclic) bond motifs is 1. The zero-order chi connectivity index (χ0) is 19.1. The van der Waals surface area contributed by atoms with Gasteiger partial charge in [0.25, 0.3) is 0 Å². The summed E-state index contributed by atoms with van der Waals surface area (Å²) in [4.78, 5) is 6.38. The van der Waals surface area contributed by atoms with Crippen LogP contribution in [-0.2, 0) is 13.6 Å². The summed E-state index contributed by atoms with van der Waals surface area (Å²) in [5, 5.41) is 18.0. The summed E-state index contributed by atoms with van der Waals surface area (Å²) in [6, 6.07) is 12.0. The molecule has 1 aliphatic rings. The minimum atomic E-state index is 0. The summed E-state index contributed by atoms with van der Waals surface area (Å²) in [6.45, 7) is 0.548. The van der Waals surface area contributed by atoms with Gasteiger partial charge < -0.3 is 4.90 Å². The van der Waals surface area contributed by atoms with Crippen LogP contribution in [0, 0.1) is 0 Å². The van der Waals surface area contributed by atoms with E-state index in [0.717, 1.165) is 28.3 Å². The molecule has 8 nitrogen and oxygen atoms in total. The van der Waals surface area contributed by atoms with Crippen LogP contribution >= 0.6 is 12.4 Å². The second-order valence-electron chi connectivity index (χ2n) is 6.71. The number of hydrogen-bond donors (Lipinski definition) is 0. The first-order valence-corrected chi connectivity index (χ1v) is 8.95. The molecule has 0 saturated carbocycles. The molecule has 0 unspecified atom stereocenters. The summed E-state index contributed by atoms with van der Waals surface area (Å²) in [6.07, 6.45) is 7.85. The third-order valence-corrected chi connectivity index (χ3v) is 4.66. The normalized spacial score (nSPS) is 12.4. The average Bonchev–Trinajstić information content (AvgIpc) is 3.26. The highest BCUT2D eigenvalue weighted by Crippen LogP contribution is 2.31. The van der Waals surface area contributed by atoms with Gasteiger partial charge in [0.1, 0.15) is 6.33 Å². The molecule has 0 bridgehead atoms. The van der Waals surface area contributed by atoms with Crippen LogP contribution in [0.3, 0.4) is 0 Å². The lowest BCUT2D eigenvalue weighted by Crippen LogP contribution is -2.21. The first-order valence-electron chi connectivity index (χ1n) is 8.95. The van der Waals surface area contributed by atoms with Gasteiger partial charge in [-0.3, -0.25) is 4.68 Å². The number of halogens is 1. The average molecular weight is 407 g/mol. The summed E-state index contributed by atoms with van der Waals surface area (Å²) in [7, 11) is 3.85. The van der Waals surface area contributed by atoms with Crippen molar-refractivity contribution in [2.75, 3.05) is 11.9 Å². The lowest BCUT2D eigenvalue weighted by Gasteiger charge is -2.21. The molecule has 9 heteroatoms. The van der Waals surface area contributed by atoms with Crippen molar-refractivity contribution in [3.8, 4) is 11.4 Å². The Kier molecular flexibility index (Phi) is 4.85. The molecule has 0 aliphatic heterocycles. The molecule has 3 aromatic heterocycles. The van der Waals surface area contributed by atoms with Gasteiger partial charge in [0, 0.05) is 25.2 Å². The number of allylic oxidation sites excluding steroid dienone is 4. The molecular weight excluding hydrogens is 388 g/mol. The molecule has 3 heterocycles. The molecule has 0 atom stereocenters. The monoisotopic (exact) mass is 406 g/mol. The van der Waals surface area contributed by atoms with Crippen molar-refractivity contribution in [1.82, 2.24) is 34.6 Å². The van der Waals surface area contributed by atoms with E-state index in [1.54, 1.807) is 15.5 Å². The van der Waals surface area contributed by atoms with Crippen LogP contribution in [0.25, 0.3) is 22.6 Å². The zero-order valence-corrected chi connectivity index (χ0v) is 16.8. The van der Waals surface area contributed by atoms with E-state index in [0.29, 0.717) is 18.0 Å². The van der Waals surface area contributed by atoms with Crippen LogP contribution in [0.4, 0.5) is 5.82 Å². The largest absolute Gasteiger partial charge is 0.350 e. The third-order valence-electron chi connectivity index (χ3n) is 4.66. The van der Waals surface area contributed by atoms with E-state index < -0.39 is 0 Å². The summed E-state index contributed by atoms with van der Waals surface area (Å²) < 4.78 is 3.49. The minimum Gasteiger partial charge on any atom is -0.350 e. The van der Waals surface area contributed by atoms with E-state index in [1.165, 1.54) is 0 Å². The fourth-order valence-corrected chi connectivity index (χ4v) is 3.20. The number of benzene rings is 1. The van der Waals surface area contributed by atoms with E-state index in [4.69, 9.17) is 5.10 Å². The van der Waals surface area contributed by atoms with Gasteiger partial charge in [-0.1, -0.05) is 48.6 Å². The second-order valence-corrected chi connectivity index (χ2v) is 6.71. The van der Waals surface area contributed by atoms with Crippen molar-refractivity contribution < 1.29 is 0 Å². The summed E-state index contributed by atoms with van der Waals surface area (Å²) >= 11 is 0. The van der Waals surface area contributed by atoms with Crippen LogP contribution in [0.15, 0.2) is 61.0 Å². The molecular formula is C20H19ClN8. The Labute approximate surface area is 173 Å². The standard InChI is InChI=1S/C20H18N8.ClH/c1-26(12-17-21-13-27(2)24-17)20-16(14-9-6-10-14)11-18-22-23-19(28(18)25-20)15-7-4-3-5-8-15;/h3-11,13H,12H2,1-2H3;1H. The van der Waals surface area contributed by atoms with Gasteiger partial charge in [0.2, 0.25) is 0 Å². The predicted molar refractivity (Wildman–Crippen MR) is 114 cm³/mol. The SMILES string of the molecule is CN(Cc1ncn(C)n1)c1nn2c(-c3ccccc3)nnc2cc1C1=CC=C1.Cl. The molecule has 0 spiro atoms. The molecule has 29 heavy (non-hydrogen) atoms. The first kappa shape index (κ1) is 18.8. The molecule has 0 radical (unpaired) electrons.